The van der Waals surface area contributed by atoms with Crippen molar-refractivity contribution in [3.63, 3.8) is 0 Å². The standard InChI is InChI=1S/C27H34N4O4/c1-7-18-9-8-16-14-30(24(28)22(16)29-18)15-21(32)17-12-19(26(2,3)4)23-20(13-17)31(10-11-35-23)27(5,6)25(33)34/h8-9,12-13,28H,7,10-11,14-15H2,1-6H3,(H,33,34). The van der Waals surface area contributed by atoms with Gasteiger partial charge in [-0.3, -0.25) is 10.2 Å². The van der Waals surface area contributed by atoms with Gasteiger partial charge < -0.3 is 19.6 Å². The van der Waals surface area contributed by atoms with Crippen LogP contribution in [0.25, 0.3) is 0 Å². The number of aryl methyl sites for hydroxylation is 1. The molecule has 1 aromatic carbocycles. The molecule has 0 bridgehead atoms. The number of carboxylic acid groups (broad SMARTS) is 1. The predicted octanol–water partition coefficient (Wildman–Crippen LogP) is 4.03. The average molecular weight is 479 g/mol. The summed E-state index contributed by atoms with van der Waals surface area (Å²) in [5.41, 5.74) is 2.98. The van der Waals surface area contributed by atoms with Crippen molar-refractivity contribution < 1.29 is 19.4 Å². The number of Topliss-reactive ketones (excluding diaryl/α,β-unsaturated/α-hetero) is 1. The van der Waals surface area contributed by atoms with E-state index in [-0.39, 0.29) is 23.6 Å². The summed E-state index contributed by atoms with van der Waals surface area (Å²) in [6.45, 7) is 12.8. The highest BCUT2D eigenvalue weighted by Crippen LogP contribution is 2.44. The topological polar surface area (TPSA) is 107 Å². The van der Waals surface area contributed by atoms with Gasteiger partial charge in [0.2, 0.25) is 0 Å². The van der Waals surface area contributed by atoms with Crippen molar-refractivity contribution in [3.05, 3.63) is 52.3 Å². The number of aromatic nitrogens is 1. The Morgan fingerprint density at radius 3 is 2.51 bits per heavy atom. The maximum atomic E-state index is 13.5. The molecule has 0 unspecified atom stereocenters. The number of hydrogen-bond acceptors (Lipinski definition) is 6. The van der Waals surface area contributed by atoms with Gasteiger partial charge in [0.25, 0.3) is 0 Å². The minimum absolute atomic E-state index is 0.0439. The normalized spacial score (nSPS) is 15.5. The third kappa shape index (κ3) is 4.37. The Morgan fingerprint density at radius 1 is 1.17 bits per heavy atom. The van der Waals surface area contributed by atoms with Crippen molar-refractivity contribution in [3.8, 4) is 5.75 Å². The molecule has 186 valence electrons. The molecule has 35 heavy (non-hydrogen) atoms. The Kier molecular flexibility index (Phi) is 6.11. The fourth-order valence-electron chi connectivity index (χ4n) is 4.63. The largest absolute Gasteiger partial charge is 0.489 e. The number of carbonyl (C=O) groups is 2. The van der Waals surface area contributed by atoms with Gasteiger partial charge in [0, 0.05) is 28.9 Å². The summed E-state index contributed by atoms with van der Waals surface area (Å²) >= 11 is 0. The van der Waals surface area contributed by atoms with Crippen molar-refractivity contribution in [1.29, 1.82) is 5.41 Å². The highest BCUT2D eigenvalue weighted by Gasteiger charge is 2.40. The lowest BCUT2D eigenvalue weighted by atomic mass is 9.83. The van der Waals surface area contributed by atoms with Gasteiger partial charge in [0.1, 0.15) is 29.4 Å². The number of ether oxygens (including phenoxy) is 1. The van der Waals surface area contributed by atoms with Crippen molar-refractivity contribution in [1.82, 2.24) is 9.88 Å². The van der Waals surface area contributed by atoms with Crippen LogP contribution in [0.3, 0.4) is 0 Å². The summed E-state index contributed by atoms with van der Waals surface area (Å²) in [6, 6.07) is 7.56. The number of fused-ring (bicyclic) bond motifs is 2. The van der Waals surface area contributed by atoms with Gasteiger partial charge in [-0.1, -0.05) is 33.8 Å². The number of pyridine rings is 1. The average Bonchev–Trinajstić information content (AvgIpc) is 3.11. The number of benzene rings is 1. The Labute approximate surface area is 206 Å². The molecule has 1 aromatic heterocycles. The van der Waals surface area contributed by atoms with Crippen LogP contribution in [0.2, 0.25) is 0 Å². The quantitative estimate of drug-likeness (QED) is 0.604. The molecule has 8 heteroatoms. The van der Waals surface area contributed by atoms with E-state index in [0.717, 1.165) is 23.2 Å². The minimum atomic E-state index is -1.17. The highest BCUT2D eigenvalue weighted by molar-refractivity contribution is 6.05. The SMILES string of the molecule is CCc1ccc2c(n1)C(=N)N(CC(=O)c1cc3c(c(C(C)(C)C)c1)OCCN3C(C)(C)C(=O)O)C2. The zero-order chi connectivity index (χ0) is 25.7. The molecule has 4 rings (SSSR count). The second-order valence-corrected chi connectivity index (χ2v) is 10.8. The van der Waals surface area contributed by atoms with Crippen LogP contribution < -0.4 is 9.64 Å². The summed E-state index contributed by atoms with van der Waals surface area (Å²) < 4.78 is 6.04. The van der Waals surface area contributed by atoms with E-state index in [1.54, 1.807) is 24.8 Å². The fraction of sp³-hybridized carbons (Fsp3) is 0.481. The van der Waals surface area contributed by atoms with Crippen molar-refractivity contribution >= 4 is 23.3 Å². The number of ketones is 1. The van der Waals surface area contributed by atoms with E-state index in [2.05, 4.69) is 4.98 Å². The van der Waals surface area contributed by atoms with Gasteiger partial charge in [-0.15, -0.1) is 0 Å². The maximum absolute atomic E-state index is 13.5. The van der Waals surface area contributed by atoms with Gasteiger partial charge in [0.05, 0.1) is 18.8 Å². The molecular formula is C27H34N4O4. The number of hydrogen-bond donors (Lipinski definition) is 2. The predicted molar refractivity (Wildman–Crippen MR) is 135 cm³/mol. The maximum Gasteiger partial charge on any atom is 0.328 e. The van der Waals surface area contributed by atoms with E-state index in [0.29, 0.717) is 42.4 Å². The van der Waals surface area contributed by atoms with Crippen LogP contribution >= 0.6 is 0 Å². The molecule has 2 aliphatic rings. The number of anilines is 1. The minimum Gasteiger partial charge on any atom is -0.489 e. The van der Waals surface area contributed by atoms with Crippen LogP contribution in [-0.2, 0) is 23.2 Å². The van der Waals surface area contributed by atoms with Crippen LogP contribution in [0, 0.1) is 5.41 Å². The van der Waals surface area contributed by atoms with Crippen LogP contribution in [0.4, 0.5) is 5.69 Å². The van der Waals surface area contributed by atoms with Crippen molar-refractivity contribution in [2.75, 3.05) is 24.6 Å². The van der Waals surface area contributed by atoms with Crippen LogP contribution in [0.15, 0.2) is 24.3 Å². The van der Waals surface area contributed by atoms with Crippen LogP contribution in [0.5, 0.6) is 5.75 Å². The van der Waals surface area contributed by atoms with E-state index < -0.39 is 11.5 Å². The van der Waals surface area contributed by atoms with E-state index in [4.69, 9.17) is 10.1 Å². The lowest BCUT2D eigenvalue weighted by Gasteiger charge is -2.42. The molecule has 2 aliphatic heterocycles. The Morgan fingerprint density at radius 2 is 1.89 bits per heavy atom. The molecule has 0 saturated carbocycles. The Bertz CT molecular complexity index is 1210. The molecule has 2 aromatic rings. The van der Waals surface area contributed by atoms with E-state index >= 15 is 0 Å². The zero-order valence-electron chi connectivity index (χ0n) is 21.4. The Balaban J connectivity index is 1.70. The van der Waals surface area contributed by atoms with Gasteiger partial charge >= 0.3 is 5.97 Å². The van der Waals surface area contributed by atoms with E-state index in [1.807, 2.05) is 50.8 Å². The summed E-state index contributed by atoms with van der Waals surface area (Å²) in [4.78, 5) is 33.7. The summed E-state index contributed by atoms with van der Waals surface area (Å²) in [5, 5.41) is 18.5. The van der Waals surface area contributed by atoms with Gasteiger partial charge in [-0.05, 0) is 43.9 Å². The molecule has 0 radical (unpaired) electrons. The first-order chi connectivity index (χ1) is 16.3. The van der Waals surface area contributed by atoms with E-state index in [9.17, 15) is 14.7 Å². The second-order valence-electron chi connectivity index (χ2n) is 10.8. The van der Waals surface area contributed by atoms with E-state index in [1.165, 1.54) is 0 Å². The number of nitrogens with zero attached hydrogens (tertiary/aromatic N) is 3. The number of nitrogens with one attached hydrogen (secondary N) is 1. The fourth-order valence-corrected chi connectivity index (χ4v) is 4.63. The molecule has 0 atom stereocenters. The monoisotopic (exact) mass is 478 g/mol. The van der Waals surface area contributed by atoms with Gasteiger partial charge in [-0.2, -0.15) is 0 Å². The third-order valence-corrected chi connectivity index (χ3v) is 6.88. The van der Waals surface area contributed by atoms with Crippen LogP contribution in [0.1, 0.15) is 74.4 Å². The number of rotatable bonds is 6. The molecule has 0 spiro atoms. The lowest BCUT2D eigenvalue weighted by Crippen LogP contribution is -2.53. The first kappa shape index (κ1) is 24.7. The van der Waals surface area contributed by atoms with Crippen molar-refractivity contribution in [2.45, 2.75) is 65.5 Å². The summed E-state index contributed by atoms with van der Waals surface area (Å²) in [7, 11) is 0. The summed E-state index contributed by atoms with van der Waals surface area (Å²) in [5.74, 6) is -0.186. The molecular weight excluding hydrogens is 444 g/mol. The van der Waals surface area contributed by atoms with Crippen LogP contribution in [-0.4, -0.2) is 57.8 Å². The molecule has 8 nitrogen and oxygen atoms in total. The molecule has 0 amide bonds. The third-order valence-electron chi connectivity index (χ3n) is 6.88. The van der Waals surface area contributed by atoms with Gasteiger partial charge in [0.15, 0.2) is 5.78 Å². The Hall–Kier alpha value is -3.42. The highest BCUT2D eigenvalue weighted by atomic mass is 16.5. The lowest BCUT2D eigenvalue weighted by molar-refractivity contribution is -0.142. The number of carboxylic acids is 1. The number of aliphatic carboxylic acids is 1. The molecule has 3 heterocycles. The van der Waals surface area contributed by atoms with Gasteiger partial charge in [-0.25, -0.2) is 9.78 Å². The zero-order valence-corrected chi connectivity index (χ0v) is 21.4. The molecule has 2 N–H and O–H groups in total. The first-order valence-corrected chi connectivity index (χ1v) is 12.0. The summed E-state index contributed by atoms with van der Waals surface area (Å²) in [6.07, 6.45) is 0.787. The molecule has 0 aliphatic carbocycles. The van der Waals surface area contributed by atoms with Crippen molar-refractivity contribution in [2.24, 2.45) is 0 Å². The number of amidine groups is 1. The number of carbonyl (C=O) groups excluding carboxylic acids is 1. The molecule has 0 fully saturated rings. The second kappa shape index (κ2) is 8.66. The first-order valence-electron chi connectivity index (χ1n) is 12.0. The molecule has 0 saturated heterocycles. The smallest absolute Gasteiger partial charge is 0.328 e.